The van der Waals surface area contributed by atoms with Gasteiger partial charge in [0.05, 0.1) is 12.5 Å². The highest BCUT2D eigenvalue weighted by Crippen LogP contribution is 2.42. The van der Waals surface area contributed by atoms with Crippen molar-refractivity contribution in [1.82, 2.24) is 9.80 Å². The maximum Gasteiger partial charge on any atom is 0.229 e. The van der Waals surface area contributed by atoms with E-state index in [0.29, 0.717) is 12.5 Å². The van der Waals surface area contributed by atoms with Crippen LogP contribution in [0.1, 0.15) is 42.9 Å². The molecule has 4 rings (SSSR count). The van der Waals surface area contributed by atoms with Crippen molar-refractivity contribution in [2.24, 2.45) is 11.1 Å². The molecule has 31 heavy (non-hydrogen) atoms. The predicted octanol–water partition coefficient (Wildman–Crippen LogP) is 4.25. The van der Waals surface area contributed by atoms with Crippen molar-refractivity contribution in [1.29, 1.82) is 0 Å². The molecule has 2 aliphatic rings. The lowest BCUT2D eigenvalue weighted by Gasteiger charge is -2.38. The molecule has 1 amide bonds. The normalized spacial score (nSPS) is 19.7. The van der Waals surface area contributed by atoms with Gasteiger partial charge in [-0.3, -0.25) is 4.79 Å². The molecule has 5 nitrogen and oxygen atoms in total. The number of amides is 1. The lowest BCUT2D eigenvalue weighted by molar-refractivity contribution is -0.138. The summed E-state index contributed by atoms with van der Waals surface area (Å²) in [5.74, 6) is 1.18. The number of benzene rings is 2. The van der Waals surface area contributed by atoms with E-state index < -0.39 is 0 Å². The summed E-state index contributed by atoms with van der Waals surface area (Å²) in [5, 5.41) is 0.729. The van der Waals surface area contributed by atoms with E-state index in [-0.39, 0.29) is 11.5 Å². The van der Waals surface area contributed by atoms with Crippen LogP contribution in [0.15, 0.2) is 48.5 Å². The molecule has 0 radical (unpaired) electrons. The number of carbonyl (C=O) groups excluding carboxylic acids is 1. The number of rotatable bonds is 7. The van der Waals surface area contributed by atoms with Crippen LogP contribution in [-0.2, 0) is 11.3 Å². The summed E-state index contributed by atoms with van der Waals surface area (Å²) in [6, 6.07) is 15.8. The molecule has 166 valence electrons. The van der Waals surface area contributed by atoms with Crippen molar-refractivity contribution in [3.63, 3.8) is 0 Å². The van der Waals surface area contributed by atoms with E-state index in [1.165, 1.54) is 0 Å². The molecule has 2 N–H and O–H groups in total. The Morgan fingerprint density at radius 2 is 1.81 bits per heavy atom. The summed E-state index contributed by atoms with van der Waals surface area (Å²) in [6.45, 7) is 4.41. The van der Waals surface area contributed by atoms with E-state index in [0.717, 1.165) is 73.8 Å². The van der Waals surface area contributed by atoms with Gasteiger partial charge in [-0.2, -0.15) is 0 Å². The molecule has 2 aromatic rings. The smallest absolute Gasteiger partial charge is 0.229 e. The highest BCUT2D eigenvalue weighted by atomic mass is 35.5. The van der Waals surface area contributed by atoms with E-state index >= 15 is 0 Å². The van der Waals surface area contributed by atoms with Crippen LogP contribution in [0.2, 0.25) is 5.02 Å². The van der Waals surface area contributed by atoms with Crippen LogP contribution in [0.4, 0.5) is 0 Å². The number of likely N-dealkylation sites (tertiary alicyclic amines) is 2. The van der Waals surface area contributed by atoms with E-state index in [4.69, 9.17) is 22.1 Å². The van der Waals surface area contributed by atoms with Crippen molar-refractivity contribution in [3.8, 4) is 5.75 Å². The first-order valence-electron chi connectivity index (χ1n) is 11.1. The third kappa shape index (κ3) is 5.05. The third-order valence-corrected chi connectivity index (χ3v) is 7.22. The van der Waals surface area contributed by atoms with Crippen LogP contribution in [0, 0.1) is 5.41 Å². The molecule has 6 heteroatoms. The van der Waals surface area contributed by atoms with Gasteiger partial charge in [0.25, 0.3) is 0 Å². The number of piperidine rings is 1. The van der Waals surface area contributed by atoms with Crippen molar-refractivity contribution in [2.75, 3.05) is 33.3 Å². The number of carbonyl (C=O) groups is 1. The number of ether oxygens (including phenoxy) is 1. The Hall–Kier alpha value is -2.08. The molecule has 2 heterocycles. The molecule has 0 aliphatic carbocycles. The van der Waals surface area contributed by atoms with Gasteiger partial charge in [0.15, 0.2) is 0 Å². The molecule has 0 bridgehead atoms. The first-order valence-corrected chi connectivity index (χ1v) is 11.5. The minimum atomic E-state index is -0.169. The highest BCUT2D eigenvalue weighted by Gasteiger charge is 2.47. The van der Waals surface area contributed by atoms with Gasteiger partial charge in [0.2, 0.25) is 5.91 Å². The quantitative estimate of drug-likeness (QED) is 0.697. The number of methoxy groups -OCH3 is 1. The van der Waals surface area contributed by atoms with Crippen molar-refractivity contribution in [3.05, 3.63) is 64.7 Å². The Kier molecular flexibility index (Phi) is 6.85. The van der Waals surface area contributed by atoms with Crippen molar-refractivity contribution in [2.45, 2.75) is 38.3 Å². The minimum absolute atomic E-state index is 0.0114. The average molecular weight is 442 g/mol. The molecule has 2 saturated heterocycles. The second-order valence-corrected chi connectivity index (χ2v) is 9.33. The zero-order valence-corrected chi connectivity index (χ0v) is 19.0. The predicted molar refractivity (Wildman–Crippen MR) is 124 cm³/mol. The molecule has 2 fully saturated rings. The molecule has 0 aromatic heterocycles. The fourth-order valence-corrected chi connectivity index (χ4v) is 5.09. The fourth-order valence-electron chi connectivity index (χ4n) is 4.89. The average Bonchev–Trinajstić information content (AvgIpc) is 3.09. The monoisotopic (exact) mass is 441 g/mol. The molecule has 0 saturated carbocycles. The van der Waals surface area contributed by atoms with Crippen LogP contribution in [0.3, 0.4) is 0 Å². The number of hydrogen-bond acceptors (Lipinski definition) is 4. The zero-order chi connectivity index (χ0) is 21.8. The van der Waals surface area contributed by atoms with Gasteiger partial charge in [0.1, 0.15) is 5.75 Å². The molecule has 2 aliphatic heterocycles. The summed E-state index contributed by atoms with van der Waals surface area (Å²) < 4.78 is 5.23. The van der Waals surface area contributed by atoms with Crippen LogP contribution in [0.25, 0.3) is 0 Å². The van der Waals surface area contributed by atoms with E-state index in [1.54, 1.807) is 7.11 Å². The Balaban J connectivity index is 1.27. The second kappa shape index (κ2) is 9.60. The molecule has 2 aromatic carbocycles. The lowest BCUT2D eigenvalue weighted by atomic mass is 9.77. The van der Waals surface area contributed by atoms with Gasteiger partial charge in [-0.15, -0.1) is 0 Å². The second-order valence-electron chi connectivity index (χ2n) is 8.90. The number of nitrogens with two attached hydrogens (primary N) is 1. The van der Waals surface area contributed by atoms with Gasteiger partial charge in [-0.05, 0) is 80.7 Å². The summed E-state index contributed by atoms with van der Waals surface area (Å²) in [4.78, 5) is 17.7. The molecule has 1 atom stereocenters. The Morgan fingerprint density at radius 3 is 2.48 bits per heavy atom. The lowest BCUT2D eigenvalue weighted by Crippen LogP contribution is -2.45. The summed E-state index contributed by atoms with van der Waals surface area (Å²) in [6.07, 6.45) is 3.75. The summed E-state index contributed by atoms with van der Waals surface area (Å²) >= 11 is 6.09. The van der Waals surface area contributed by atoms with Gasteiger partial charge in [0, 0.05) is 24.2 Å². The van der Waals surface area contributed by atoms with Crippen LogP contribution in [-0.4, -0.2) is 49.0 Å². The van der Waals surface area contributed by atoms with Crippen LogP contribution >= 0.6 is 11.6 Å². The van der Waals surface area contributed by atoms with Crippen molar-refractivity contribution < 1.29 is 9.53 Å². The maximum atomic E-state index is 13.2. The molecular weight excluding hydrogens is 410 g/mol. The maximum absolute atomic E-state index is 13.2. The van der Waals surface area contributed by atoms with Gasteiger partial charge >= 0.3 is 0 Å². The zero-order valence-electron chi connectivity index (χ0n) is 18.2. The molecule has 1 spiro atoms. The topological polar surface area (TPSA) is 58.8 Å². The van der Waals surface area contributed by atoms with Gasteiger partial charge in [-0.25, -0.2) is 0 Å². The largest absolute Gasteiger partial charge is 0.497 e. The van der Waals surface area contributed by atoms with E-state index in [2.05, 4.69) is 4.90 Å². The Labute approximate surface area is 190 Å². The Bertz CT molecular complexity index is 894. The van der Waals surface area contributed by atoms with E-state index in [9.17, 15) is 4.79 Å². The number of hydrogen-bond donors (Lipinski definition) is 1. The minimum Gasteiger partial charge on any atom is -0.497 e. The molecular formula is C25H32ClN3O2. The number of nitrogens with zero attached hydrogens (tertiary/aromatic N) is 2. The van der Waals surface area contributed by atoms with E-state index in [1.807, 2.05) is 53.4 Å². The summed E-state index contributed by atoms with van der Waals surface area (Å²) in [5.41, 5.74) is 8.44. The van der Waals surface area contributed by atoms with Gasteiger partial charge in [-0.1, -0.05) is 35.9 Å². The first-order chi connectivity index (χ1) is 15.0. The molecule has 1 unspecified atom stereocenters. The first kappa shape index (κ1) is 22.1. The SMILES string of the molecule is COc1ccc(CN2CCC3(CCN(CCC(N)c4cccc(Cl)c4)CC3)C2=O)cc1. The van der Waals surface area contributed by atoms with Gasteiger partial charge < -0.3 is 20.3 Å². The van der Waals surface area contributed by atoms with Crippen LogP contribution in [0.5, 0.6) is 5.75 Å². The van der Waals surface area contributed by atoms with Crippen molar-refractivity contribution >= 4 is 17.5 Å². The standard InChI is InChI=1S/C25H32ClN3O2/c1-31-22-7-5-19(6-8-22)18-29-16-12-25(24(29)30)10-14-28(15-11-25)13-9-23(27)20-3-2-4-21(26)17-20/h2-8,17,23H,9-16,18,27H2,1H3. The summed E-state index contributed by atoms with van der Waals surface area (Å²) in [7, 11) is 1.67. The highest BCUT2D eigenvalue weighted by molar-refractivity contribution is 6.30. The van der Waals surface area contributed by atoms with Crippen LogP contribution < -0.4 is 10.5 Å². The fraction of sp³-hybridized carbons (Fsp3) is 0.480. The Morgan fingerprint density at radius 1 is 1.10 bits per heavy atom. The third-order valence-electron chi connectivity index (χ3n) is 6.98. The number of halogens is 1.